The summed E-state index contributed by atoms with van der Waals surface area (Å²) < 4.78 is 33.8. The first kappa shape index (κ1) is 30.8. The lowest BCUT2D eigenvalue weighted by Gasteiger charge is -2.32. The first-order chi connectivity index (χ1) is 20.5. The Morgan fingerprint density at radius 2 is 1.76 bits per heavy atom. The molecule has 0 aliphatic carbocycles. The molecule has 0 amide bonds. The van der Waals surface area contributed by atoms with Crippen LogP contribution in [0.15, 0.2) is 94.7 Å². The molecule has 0 unspecified atom stereocenters. The van der Waals surface area contributed by atoms with Gasteiger partial charge in [-0.25, -0.2) is 0 Å². The number of hydrogen-bond donors (Lipinski definition) is 1. The third-order valence-electron chi connectivity index (χ3n) is 6.34. The highest BCUT2D eigenvalue weighted by Crippen LogP contribution is 2.29. The van der Waals surface area contributed by atoms with E-state index < -0.39 is 24.3 Å². The van der Waals surface area contributed by atoms with Gasteiger partial charge in [0.05, 0.1) is 32.1 Å². The highest BCUT2D eigenvalue weighted by Gasteiger charge is 2.31. The number of aliphatic hydroxyl groups is 1. The summed E-state index contributed by atoms with van der Waals surface area (Å²) in [7, 11) is 1.61. The van der Waals surface area contributed by atoms with E-state index in [9.17, 15) is 9.90 Å². The van der Waals surface area contributed by atoms with Crippen LogP contribution in [-0.4, -0.2) is 62.0 Å². The summed E-state index contributed by atoms with van der Waals surface area (Å²) in [5.41, 5.74) is 1.59. The molecule has 42 heavy (non-hydrogen) atoms. The Kier molecular flexibility index (Phi) is 12.0. The van der Waals surface area contributed by atoms with E-state index >= 15 is 0 Å². The van der Waals surface area contributed by atoms with Crippen molar-refractivity contribution in [2.75, 3.05) is 26.9 Å². The van der Waals surface area contributed by atoms with Crippen molar-refractivity contribution < 1.29 is 42.8 Å². The van der Waals surface area contributed by atoms with Crippen LogP contribution in [0, 0.1) is 0 Å². The van der Waals surface area contributed by atoms with E-state index in [2.05, 4.69) is 5.16 Å². The summed E-state index contributed by atoms with van der Waals surface area (Å²) in [6.07, 6.45) is 3.78. The number of ether oxygens (including phenoxy) is 5. The Bertz CT molecular complexity index is 1260. The van der Waals surface area contributed by atoms with E-state index in [1.165, 1.54) is 0 Å². The third-order valence-corrected chi connectivity index (χ3v) is 6.34. The van der Waals surface area contributed by atoms with Crippen molar-refractivity contribution in [2.45, 2.75) is 50.8 Å². The highest BCUT2D eigenvalue weighted by molar-refractivity contribution is 5.85. The van der Waals surface area contributed by atoms with Crippen LogP contribution in [0.3, 0.4) is 0 Å². The fraction of sp³-hybridized carbons (Fsp3) is 0.375. The monoisotopic (exact) mass is 579 g/mol. The Labute approximate surface area is 245 Å². The van der Waals surface area contributed by atoms with E-state index in [-0.39, 0.29) is 39.0 Å². The van der Waals surface area contributed by atoms with E-state index in [1.807, 2.05) is 66.7 Å². The molecule has 0 saturated carbocycles. The number of benzene rings is 2. The number of esters is 1. The number of nitrogens with zero attached hydrogens (tertiary/aromatic N) is 1. The van der Waals surface area contributed by atoms with Crippen molar-refractivity contribution in [1.29, 1.82) is 0 Å². The average molecular weight is 580 g/mol. The summed E-state index contributed by atoms with van der Waals surface area (Å²) in [5.74, 6) is 1.65. The number of furan rings is 1. The number of rotatable bonds is 16. The number of carbonyl (C=O) groups is 1. The first-order valence-corrected chi connectivity index (χ1v) is 13.8. The second kappa shape index (κ2) is 16.4. The molecule has 0 saturated heterocycles. The van der Waals surface area contributed by atoms with Gasteiger partial charge in [0.1, 0.15) is 61.5 Å². The minimum atomic E-state index is -0.848. The second-order valence-electron chi connectivity index (χ2n) is 9.70. The molecule has 0 spiro atoms. The molecule has 10 heteroatoms. The molecular weight excluding hydrogens is 542 g/mol. The SMILES string of the molecule is COc1ccc(O[C@H]2C=C[C@@H](c3ccccc3)O[C@H]2COC(=O)CCC(C)=NOC[C@@H](O)COCc2ccco2)cc1. The van der Waals surface area contributed by atoms with Gasteiger partial charge in [0.15, 0.2) is 0 Å². The van der Waals surface area contributed by atoms with Crippen LogP contribution in [0.1, 0.15) is 37.2 Å². The number of carbonyl (C=O) groups excluding carboxylic acids is 1. The molecule has 0 fully saturated rings. The van der Waals surface area contributed by atoms with Crippen LogP contribution < -0.4 is 9.47 Å². The molecule has 1 aromatic heterocycles. The standard InChI is InChI=1S/C32H37NO9/c1-23(33-40-20-25(34)19-37-21-28-9-6-18-38-28)10-17-32(35)39-22-31-30(41-27-13-11-26(36-2)12-14-27)16-15-29(42-31)24-7-4-3-5-8-24/h3-9,11-16,18,25,29-31,34H,10,17,19-22H2,1-2H3/t25-,29-,30-,31-/m0/s1. The summed E-state index contributed by atoms with van der Waals surface area (Å²) in [6, 6.07) is 20.6. The summed E-state index contributed by atoms with van der Waals surface area (Å²) in [6.45, 7) is 2.06. The third kappa shape index (κ3) is 10.1. The van der Waals surface area contributed by atoms with E-state index in [4.69, 9.17) is 32.9 Å². The van der Waals surface area contributed by atoms with Crippen molar-refractivity contribution in [1.82, 2.24) is 0 Å². The van der Waals surface area contributed by atoms with Gasteiger partial charge >= 0.3 is 5.97 Å². The molecular formula is C32H37NO9. The van der Waals surface area contributed by atoms with Crippen LogP contribution in [-0.2, 0) is 30.4 Å². The zero-order valence-electron chi connectivity index (χ0n) is 23.8. The predicted molar refractivity (Wildman–Crippen MR) is 154 cm³/mol. The Morgan fingerprint density at radius 1 is 0.976 bits per heavy atom. The lowest BCUT2D eigenvalue weighted by atomic mass is 10.0. The van der Waals surface area contributed by atoms with E-state index in [0.29, 0.717) is 23.6 Å². The van der Waals surface area contributed by atoms with Crippen LogP contribution >= 0.6 is 0 Å². The largest absolute Gasteiger partial charge is 0.497 e. The molecule has 1 aliphatic heterocycles. The molecule has 2 heterocycles. The average Bonchev–Trinajstić information content (AvgIpc) is 3.54. The van der Waals surface area contributed by atoms with Gasteiger partial charge in [0, 0.05) is 0 Å². The Balaban J connectivity index is 1.22. The number of hydrogen-bond acceptors (Lipinski definition) is 10. The quantitative estimate of drug-likeness (QED) is 0.108. The molecule has 10 nitrogen and oxygen atoms in total. The molecule has 224 valence electrons. The van der Waals surface area contributed by atoms with Gasteiger partial charge in [-0.3, -0.25) is 4.79 Å². The van der Waals surface area contributed by atoms with Crippen molar-refractivity contribution in [2.24, 2.45) is 5.16 Å². The molecule has 4 atom stereocenters. The molecule has 1 aliphatic rings. The minimum absolute atomic E-state index is 0.0181. The van der Waals surface area contributed by atoms with E-state index in [0.717, 1.165) is 11.3 Å². The number of oxime groups is 1. The molecule has 2 aromatic carbocycles. The zero-order valence-corrected chi connectivity index (χ0v) is 23.8. The van der Waals surface area contributed by atoms with E-state index in [1.54, 1.807) is 32.4 Å². The highest BCUT2D eigenvalue weighted by atomic mass is 16.6. The van der Waals surface area contributed by atoms with Gasteiger partial charge in [-0.2, -0.15) is 0 Å². The fourth-order valence-electron chi connectivity index (χ4n) is 4.09. The van der Waals surface area contributed by atoms with Crippen LogP contribution in [0.4, 0.5) is 0 Å². The van der Waals surface area contributed by atoms with Gasteiger partial charge in [0.25, 0.3) is 0 Å². The van der Waals surface area contributed by atoms with Crippen molar-refractivity contribution >= 4 is 11.7 Å². The molecule has 1 N–H and O–H groups in total. The normalized spacial score (nSPS) is 19.2. The molecule has 3 aromatic rings. The van der Waals surface area contributed by atoms with Crippen molar-refractivity contribution in [3.8, 4) is 11.5 Å². The van der Waals surface area contributed by atoms with Gasteiger partial charge in [0.2, 0.25) is 0 Å². The topological polar surface area (TPSA) is 118 Å². The lowest BCUT2D eigenvalue weighted by Crippen LogP contribution is -2.40. The smallest absolute Gasteiger partial charge is 0.306 e. The van der Waals surface area contributed by atoms with Gasteiger partial charge < -0.3 is 38.0 Å². The van der Waals surface area contributed by atoms with Crippen molar-refractivity contribution in [3.63, 3.8) is 0 Å². The Morgan fingerprint density at radius 3 is 2.50 bits per heavy atom. The maximum atomic E-state index is 12.6. The summed E-state index contributed by atoms with van der Waals surface area (Å²) in [5, 5.41) is 13.9. The lowest BCUT2D eigenvalue weighted by molar-refractivity contribution is -0.152. The van der Waals surface area contributed by atoms with Crippen molar-refractivity contribution in [3.05, 3.63) is 96.5 Å². The maximum Gasteiger partial charge on any atom is 0.306 e. The predicted octanol–water partition coefficient (Wildman–Crippen LogP) is 5.03. The number of methoxy groups -OCH3 is 1. The van der Waals surface area contributed by atoms with Gasteiger partial charge in [-0.1, -0.05) is 41.6 Å². The van der Waals surface area contributed by atoms with Crippen LogP contribution in [0.2, 0.25) is 0 Å². The second-order valence-corrected chi connectivity index (χ2v) is 9.70. The minimum Gasteiger partial charge on any atom is -0.497 e. The Hall–Kier alpha value is -4.12. The molecule has 0 bridgehead atoms. The van der Waals surface area contributed by atoms with Crippen LogP contribution in [0.5, 0.6) is 11.5 Å². The number of aliphatic hydroxyl groups excluding tert-OH is 1. The molecule has 4 rings (SSSR count). The first-order valence-electron chi connectivity index (χ1n) is 13.8. The van der Waals surface area contributed by atoms with Gasteiger partial charge in [-0.05, 0) is 61.4 Å². The molecule has 0 radical (unpaired) electrons. The maximum absolute atomic E-state index is 12.6. The van der Waals surface area contributed by atoms with Crippen LogP contribution in [0.25, 0.3) is 0 Å². The fourth-order valence-corrected chi connectivity index (χ4v) is 4.09. The summed E-state index contributed by atoms with van der Waals surface area (Å²) in [4.78, 5) is 17.8. The summed E-state index contributed by atoms with van der Waals surface area (Å²) >= 11 is 0. The van der Waals surface area contributed by atoms with Gasteiger partial charge in [-0.15, -0.1) is 0 Å². The zero-order chi connectivity index (χ0) is 29.6.